The molecule has 4 rings (SSSR count). The van der Waals surface area contributed by atoms with Crippen molar-refractivity contribution in [3.63, 3.8) is 0 Å². The van der Waals surface area contributed by atoms with E-state index in [1.165, 1.54) is 11.3 Å². The van der Waals surface area contributed by atoms with Gasteiger partial charge in [-0.15, -0.1) is 11.3 Å². The second-order valence-electron chi connectivity index (χ2n) is 9.17. The minimum Gasteiger partial charge on any atom is -0.352 e. The van der Waals surface area contributed by atoms with E-state index in [1.54, 1.807) is 11.1 Å². The molecule has 2 aromatic rings. The lowest BCUT2D eigenvalue weighted by Crippen LogP contribution is -2.54. The predicted octanol–water partition coefficient (Wildman–Crippen LogP) is 3.30. The molecule has 2 fully saturated rings. The van der Waals surface area contributed by atoms with Crippen LogP contribution in [0.25, 0.3) is 11.4 Å². The number of aromatic nitrogens is 2. The Balaban J connectivity index is 1.50. The van der Waals surface area contributed by atoms with Crippen LogP contribution in [0.4, 0.5) is 5.13 Å². The van der Waals surface area contributed by atoms with Crippen LogP contribution in [-0.2, 0) is 9.59 Å². The maximum Gasteiger partial charge on any atom is 0.246 e. The van der Waals surface area contributed by atoms with Crippen molar-refractivity contribution < 1.29 is 9.59 Å². The molecule has 1 aliphatic carbocycles. The van der Waals surface area contributed by atoms with E-state index in [1.807, 2.05) is 44.4 Å². The lowest BCUT2D eigenvalue weighted by molar-refractivity contribution is -0.140. The standard InChI is InChI=1S/C22H29N5O2S/c1-22(2,3)18(26-21-25-16(13-30-21)15-7-4-5-11-23-15)20(29)27-12-6-8-17(27)19(28)24-14-9-10-14/h4-5,7,11,13-14,17-18H,6,8-10,12H2,1-3H3,(H,24,28)(H,25,26)/t17-,18+/m0/s1. The number of hydrogen-bond acceptors (Lipinski definition) is 6. The number of amides is 2. The highest BCUT2D eigenvalue weighted by molar-refractivity contribution is 7.14. The Labute approximate surface area is 181 Å². The summed E-state index contributed by atoms with van der Waals surface area (Å²) in [5, 5.41) is 9.04. The Morgan fingerprint density at radius 3 is 2.67 bits per heavy atom. The van der Waals surface area contributed by atoms with Gasteiger partial charge in [0.1, 0.15) is 17.8 Å². The molecule has 1 aliphatic heterocycles. The number of nitrogens with zero attached hydrogens (tertiary/aromatic N) is 3. The van der Waals surface area contributed by atoms with Gasteiger partial charge in [0.2, 0.25) is 11.8 Å². The molecule has 3 heterocycles. The number of carbonyl (C=O) groups is 2. The molecule has 160 valence electrons. The summed E-state index contributed by atoms with van der Waals surface area (Å²) < 4.78 is 0. The predicted molar refractivity (Wildman–Crippen MR) is 118 cm³/mol. The van der Waals surface area contributed by atoms with Crippen LogP contribution in [-0.4, -0.2) is 51.4 Å². The average Bonchev–Trinajstić information content (AvgIpc) is 3.20. The minimum absolute atomic E-state index is 0.0114. The van der Waals surface area contributed by atoms with Crippen molar-refractivity contribution in [1.82, 2.24) is 20.2 Å². The topological polar surface area (TPSA) is 87.2 Å². The van der Waals surface area contributed by atoms with Gasteiger partial charge in [0.25, 0.3) is 0 Å². The van der Waals surface area contributed by atoms with Crippen LogP contribution in [0.3, 0.4) is 0 Å². The molecule has 2 aromatic heterocycles. The number of carbonyl (C=O) groups excluding carboxylic acids is 2. The maximum absolute atomic E-state index is 13.5. The van der Waals surface area contributed by atoms with E-state index < -0.39 is 6.04 Å². The summed E-state index contributed by atoms with van der Waals surface area (Å²) >= 11 is 1.46. The summed E-state index contributed by atoms with van der Waals surface area (Å²) in [5.74, 6) is -0.0479. The van der Waals surface area contributed by atoms with Crippen LogP contribution >= 0.6 is 11.3 Å². The van der Waals surface area contributed by atoms with E-state index in [0.717, 1.165) is 37.1 Å². The Hall–Kier alpha value is -2.48. The maximum atomic E-state index is 13.5. The fourth-order valence-corrected chi connectivity index (χ4v) is 4.47. The number of thiazole rings is 1. The molecule has 8 heteroatoms. The van der Waals surface area contributed by atoms with Crippen molar-refractivity contribution in [2.45, 2.75) is 64.6 Å². The zero-order chi connectivity index (χ0) is 21.3. The number of likely N-dealkylation sites (tertiary alicyclic amines) is 1. The Kier molecular flexibility index (Phi) is 5.77. The average molecular weight is 428 g/mol. The molecule has 2 amide bonds. The SMILES string of the molecule is CC(C)(C)[C@H](Nc1nc(-c2ccccn2)cs1)C(=O)N1CCC[C@H]1C(=O)NC1CC1. The van der Waals surface area contributed by atoms with E-state index in [9.17, 15) is 9.59 Å². The Morgan fingerprint density at radius 2 is 2.00 bits per heavy atom. The first-order valence-corrected chi connectivity index (χ1v) is 11.5. The third-order valence-corrected chi connectivity index (χ3v) is 6.35. The molecule has 0 bridgehead atoms. The van der Waals surface area contributed by atoms with Gasteiger partial charge in [0, 0.05) is 24.2 Å². The molecular weight excluding hydrogens is 398 g/mol. The summed E-state index contributed by atoms with van der Waals surface area (Å²) in [4.78, 5) is 36.9. The molecular formula is C22H29N5O2S. The third-order valence-electron chi connectivity index (χ3n) is 5.57. The van der Waals surface area contributed by atoms with Gasteiger partial charge in [-0.2, -0.15) is 0 Å². The van der Waals surface area contributed by atoms with Crippen LogP contribution in [0, 0.1) is 5.41 Å². The molecule has 2 aliphatic rings. The van der Waals surface area contributed by atoms with Crippen molar-refractivity contribution >= 4 is 28.3 Å². The van der Waals surface area contributed by atoms with E-state index in [2.05, 4.69) is 20.6 Å². The largest absolute Gasteiger partial charge is 0.352 e. The molecule has 0 spiro atoms. The van der Waals surface area contributed by atoms with Gasteiger partial charge in [0.05, 0.1) is 5.69 Å². The van der Waals surface area contributed by atoms with Crippen LogP contribution in [0.5, 0.6) is 0 Å². The van der Waals surface area contributed by atoms with Crippen molar-refractivity contribution in [3.05, 3.63) is 29.8 Å². The van der Waals surface area contributed by atoms with Gasteiger partial charge in [0.15, 0.2) is 5.13 Å². The first-order valence-electron chi connectivity index (χ1n) is 10.6. The Bertz CT molecular complexity index is 904. The highest BCUT2D eigenvalue weighted by atomic mass is 32.1. The number of pyridine rings is 1. The second kappa shape index (κ2) is 8.34. The highest BCUT2D eigenvalue weighted by Gasteiger charge is 2.42. The van der Waals surface area contributed by atoms with E-state index in [4.69, 9.17) is 0 Å². The van der Waals surface area contributed by atoms with Crippen LogP contribution < -0.4 is 10.6 Å². The summed E-state index contributed by atoms with van der Waals surface area (Å²) in [7, 11) is 0. The lowest BCUT2D eigenvalue weighted by Gasteiger charge is -2.35. The van der Waals surface area contributed by atoms with Gasteiger partial charge in [-0.3, -0.25) is 14.6 Å². The molecule has 0 unspecified atom stereocenters. The van der Waals surface area contributed by atoms with Crippen LogP contribution in [0.2, 0.25) is 0 Å². The number of hydrogen-bond donors (Lipinski definition) is 2. The van der Waals surface area contributed by atoms with E-state index >= 15 is 0 Å². The molecule has 7 nitrogen and oxygen atoms in total. The normalized spacial score (nSPS) is 20.1. The fraction of sp³-hybridized carbons (Fsp3) is 0.545. The van der Waals surface area contributed by atoms with Crippen molar-refractivity contribution in [1.29, 1.82) is 0 Å². The molecule has 30 heavy (non-hydrogen) atoms. The second-order valence-corrected chi connectivity index (χ2v) is 10.0. The van der Waals surface area contributed by atoms with E-state index in [0.29, 0.717) is 17.7 Å². The monoisotopic (exact) mass is 427 g/mol. The number of nitrogens with one attached hydrogen (secondary N) is 2. The van der Waals surface area contributed by atoms with Crippen LogP contribution in [0.1, 0.15) is 46.5 Å². The summed E-state index contributed by atoms with van der Waals surface area (Å²) in [6.45, 7) is 6.72. The molecule has 1 saturated heterocycles. The van der Waals surface area contributed by atoms with E-state index in [-0.39, 0.29) is 23.3 Å². The minimum atomic E-state index is -0.477. The highest BCUT2D eigenvalue weighted by Crippen LogP contribution is 2.31. The zero-order valence-electron chi connectivity index (χ0n) is 17.7. The zero-order valence-corrected chi connectivity index (χ0v) is 18.5. The van der Waals surface area contributed by atoms with Gasteiger partial charge in [-0.1, -0.05) is 26.8 Å². The Morgan fingerprint density at radius 1 is 1.20 bits per heavy atom. The fourth-order valence-electron chi connectivity index (χ4n) is 3.74. The summed E-state index contributed by atoms with van der Waals surface area (Å²) in [5.41, 5.74) is 1.25. The molecule has 2 N–H and O–H groups in total. The number of anilines is 1. The first kappa shape index (κ1) is 20.8. The molecule has 0 radical (unpaired) electrons. The molecule has 2 atom stereocenters. The van der Waals surface area contributed by atoms with Crippen molar-refractivity contribution in [2.75, 3.05) is 11.9 Å². The summed E-state index contributed by atoms with van der Waals surface area (Å²) in [6, 6.07) is 5.16. The van der Waals surface area contributed by atoms with Gasteiger partial charge in [-0.25, -0.2) is 4.98 Å². The van der Waals surface area contributed by atoms with Gasteiger partial charge >= 0.3 is 0 Å². The summed E-state index contributed by atoms with van der Waals surface area (Å²) in [6.07, 6.45) is 5.40. The van der Waals surface area contributed by atoms with Crippen molar-refractivity contribution in [3.8, 4) is 11.4 Å². The first-order chi connectivity index (χ1) is 14.3. The molecule has 1 saturated carbocycles. The third kappa shape index (κ3) is 4.64. The number of rotatable bonds is 6. The lowest BCUT2D eigenvalue weighted by atomic mass is 9.85. The smallest absolute Gasteiger partial charge is 0.246 e. The van der Waals surface area contributed by atoms with Gasteiger partial charge < -0.3 is 15.5 Å². The molecule has 0 aromatic carbocycles. The van der Waals surface area contributed by atoms with Crippen molar-refractivity contribution in [2.24, 2.45) is 5.41 Å². The quantitative estimate of drug-likeness (QED) is 0.739. The van der Waals surface area contributed by atoms with Crippen LogP contribution in [0.15, 0.2) is 29.8 Å². The van der Waals surface area contributed by atoms with Gasteiger partial charge in [-0.05, 0) is 43.2 Å².